The van der Waals surface area contributed by atoms with Crippen molar-refractivity contribution in [3.63, 3.8) is 0 Å². The first-order valence-corrected chi connectivity index (χ1v) is 2.95. The molecule has 46 valence electrons. The average Bonchev–Trinajstić information content (AvgIpc) is 2.33. The largest absolute Gasteiger partial charge is 0.285 e. The van der Waals surface area contributed by atoms with E-state index in [4.69, 9.17) is 0 Å². The van der Waals surface area contributed by atoms with Gasteiger partial charge in [0.2, 0.25) is 0 Å². The Kier molecular flexibility index (Phi) is 0.886. The smallest absolute Gasteiger partial charge is 0.145 e. The molecule has 3 nitrogen and oxygen atoms in total. The normalized spacial score (nSPS) is 36.4. The standard InChI is InChI=1S/C6H7N3/c1-2-5-4-8-9-6(5)7-3-1/h1-6,9H. The highest BCUT2D eigenvalue weighted by molar-refractivity contribution is 5.77. The van der Waals surface area contributed by atoms with Gasteiger partial charge in [-0.15, -0.1) is 0 Å². The fourth-order valence-corrected chi connectivity index (χ4v) is 0.981. The summed E-state index contributed by atoms with van der Waals surface area (Å²) in [6.45, 7) is 0. The quantitative estimate of drug-likeness (QED) is 0.487. The van der Waals surface area contributed by atoms with E-state index in [0.717, 1.165) is 0 Å². The Morgan fingerprint density at radius 2 is 2.44 bits per heavy atom. The molecule has 0 saturated carbocycles. The number of hydrogen-bond acceptors (Lipinski definition) is 3. The molecule has 0 radical (unpaired) electrons. The number of hydrogen-bond donors (Lipinski definition) is 1. The van der Waals surface area contributed by atoms with Crippen LogP contribution in [0.15, 0.2) is 22.2 Å². The van der Waals surface area contributed by atoms with E-state index >= 15 is 0 Å². The van der Waals surface area contributed by atoms with Gasteiger partial charge in [0, 0.05) is 12.4 Å². The van der Waals surface area contributed by atoms with Crippen LogP contribution in [0.4, 0.5) is 0 Å². The SMILES string of the molecule is C1=CC2C=NNC2N=C1. The van der Waals surface area contributed by atoms with Gasteiger partial charge in [0.15, 0.2) is 0 Å². The van der Waals surface area contributed by atoms with Gasteiger partial charge in [-0.1, -0.05) is 6.08 Å². The van der Waals surface area contributed by atoms with Crippen molar-refractivity contribution in [1.82, 2.24) is 5.43 Å². The molecular formula is C6H7N3. The first kappa shape index (κ1) is 4.73. The number of allylic oxidation sites excluding steroid dienone is 1. The van der Waals surface area contributed by atoms with E-state index in [9.17, 15) is 0 Å². The van der Waals surface area contributed by atoms with Crippen molar-refractivity contribution in [2.45, 2.75) is 6.17 Å². The van der Waals surface area contributed by atoms with Gasteiger partial charge in [-0.2, -0.15) is 5.10 Å². The summed E-state index contributed by atoms with van der Waals surface area (Å²) in [4.78, 5) is 4.14. The number of aliphatic imine (C=N–C) groups is 1. The summed E-state index contributed by atoms with van der Waals surface area (Å²) in [5.74, 6) is 0.384. The highest BCUT2D eigenvalue weighted by Crippen LogP contribution is 2.11. The van der Waals surface area contributed by atoms with Crippen LogP contribution >= 0.6 is 0 Å². The predicted octanol–water partition coefficient (Wildman–Crippen LogP) is 0.158. The summed E-state index contributed by atoms with van der Waals surface area (Å²) < 4.78 is 0. The van der Waals surface area contributed by atoms with Crippen LogP contribution in [0.5, 0.6) is 0 Å². The number of hydrazone groups is 1. The first-order valence-electron chi connectivity index (χ1n) is 2.95. The van der Waals surface area contributed by atoms with Crippen molar-refractivity contribution in [3.05, 3.63) is 12.2 Å². The van der Waals surface area contributed by atoms with Gasteiger partial charge in [-0.25, -0.2) is 0 Å². The zero-order valence-electron chi connectivity index (χ0n) is 4.86. The average molecular weight is 121 g/mol. The molecule has 9 heavy (non-hydrogen) atoms. The van der Waals surface area contributed by atoms with E-state index in [1.165, 1.54) is 0 Å². The number of nitrogens with zero attached hydrogens (tertiary/aromatic N) is 2. The van der Waals surface area contributed by atoms with Crippen LogP contribution < -0.4 is 5.43 Å². The lowest BCUT2D eigenvalue weighted by Gasteiger charge is -2.11. The van der Waals surface area contributed by atoms with E-state index in [-0.39, 0.29) is 6.17 Å². The Balaban J connectivity index is 2.25. The number of fused-ring (bicyclic) bond motifs is 1. The van der Waals surface area contributed by atoms with Crippen molar-refractivity contribution in [3.8, 4) is 0 Å². The van der Waals surface area contributed by atoms with E-state index in [1.807, 2.05) is 12.3 Å². The molecule has 2 atom stereocenters. The Bertz CT molecular complexity index is 192. The van der Waals surface area contributed by atoms with Crippen molar-refractivity contribution >= 4 is 12.4 Å². The number of dihydropyridines is 1. The molecular weight excluding hydrogens is 114 g/mol. The predicted molar refractivity (Wildman–Crippen MR) is 36.5 cm³/mol. The fourth-order valence-electron chi connectivity index (χ4n) is 0.981. The third-order valence-corrected chi connectivity index (χ3v) is 1.48. The number of rotatable bonds is 0. The Morgan fingerprint density at radius 1 is 1.44 bits per heavy atom. The Labute approximate surface area is 53.2 Å². The van der Waals surface area contributed by atoms with Gasteiger partial charge >= 0.3 is 0 Å². The van der Waals surface area contributed by atoms with Crippen molar-refractivity contribution in [1.29, 1.82) is 0 Å². The minimum absolute atomic E-state index is 0.176. The van der Waals surface area contributed by atoms with Crippen LogP contribution in [0, 0.1) is 5.92 Å². The Hall–Kier alpha value is -1.12. The van der Waals surface area contributed by atoms with Crippen molar-refractivity contribution in [2.24, 2.45) is 16.0 Å². The maximum atomic E-state index is 4.14. The lowest BCUT2D eigenvalue weighted by molar-refractivity contribution is 0.550. The molecule has 1 N–H and O–H groups in total. The summed E-state index contributed by atoms with van der Waals surface area (Å²) in [5, 5.41) is 3.89. The molecule has 3 heteroatoms. The molecule has 2 rings (SSSR count). The summed E-state index contributed by atoms with van der Waals surface area (Å²) in [5.41, 5.74) is 2.88. The maximum Gasteiger partial charge on any atom is 0.145 e. The third kappa shape index (κ3) is 0.650. The minimum atomic E-state index is 0.176. The highest BCUT2D eigenvalue weighted by atomic mass is 15.4. The van der Waals surface area contributed by atoms with E-state index < -0.39 is 0 Å². The minimum Gasteiger partial charge on any atom is -0.285 e. The topological polar surface area (TPSA) is 36.8 Å². The van der Waals surface area contributed by atoms with Crippen LogP contribution in [-0.2, 0) is 0 Å². The first-order chi connectivity index (χ1) is 4.47. The van der Waals surface area contributed by atoms with Gasteiger partial charge in [-0.05, 0) is 6.08 Å². The molecule has 2 unspecified atom stereocenters. The summed E-state index contributed by atoms with van der Waals surface area (Å²) in [6.07, 6.45) is 7.87. The summed E-state index contributed by atoms with van der Waals surface area (Å²) in [6, 6.07) is 0. The lowest BCUT2D eigenvalue weighted by Crippen LogP contribution is -2.25. The van der Waals surface area contributed by atoms with Crippen molar-refractivity contribution in [2.75, 3.05) is 0 Å². The molecule has 0 spiro atoms. The molecule has 2 aliphatic heterocycles. The second-order valence-electron chi connectivity index (χ2n) is 2.11. The van der Waals surface area contributed by atoms with Crippen LogP contribution in [0.2, 0.25) is 0 Å². The second-order valence-corrected chi connectivity index (χ2v) is 2.11. The lowest BCUT2D eigenvalue weighted by atomic mass is 10.1. The number of nitrogens with one attached hydrogen (secondary N) is 1. The molecule has 0 fully saturated rings. The van der Waals surface area contributed by atoms with Crippen LogP contribution in [0.3, 0.4) is 0 Å². The van der Waals surface area contributed by atoms with E-state index in [2.05, 4.69) is 21.6 Å². The Morgan fingerprint density at radius 3 is 3.33 bits per heavy atom. The van der Waals surface area contributed by atoms with Gasteiger partial charge < -0.3 is 0 Å². The second kappa shape index (κ2) is 1.69. The molecule has 2 heterocycles. The molecule has 0 aromatic carbocycles. The molecule has 0 bridgehead atoms. The summed E-state index contributed by atoms with van der Waals surface area (Å²) in [7, 11) is 0. The third-order valence-electron chi connectivity index (χ3n) is 1.48. The van der Waals surface area contributed by atoms with Gasteiger partial charge in [0.05, 0.1) is 5.92 Å². The van der Waals surface area contributed by atoms with Crippen molar-refractivity contribution < 1.29 is 0 Å². The van der Waals surface area contributed by atoms with Crippen LogP contribution in [0.25, 0.3) is 0 Å². The molecule has 0 amide bonds. The van der Waals surface area contributed by atoms with Gasteiger partial charge in [0.25, 0.3) is 0 Å². The fraction of sp³-hybridized carbons (Fsp3) is 0.333. The maximum absolute atomic E-state index is 4.14. The van der Waals surface area contributed by atoms with Gasteiger partial charge in [0.1, 0.15) is 6.17 Å². The molecule has 0 aliphatic carbocycles. The zero-order chi connectivity index (χ0) is 6.10. The highest BCUT2D eigenvalue weighted by Gasteiger charge is 2.20. The summed E-state index contributed by atoms with van der Waals surface area (Å²) >= 11 is 0. The monoisotopic (exact) mass is 121 g/mol. The van der Waals surface area contributed by atoms with E-state index in [0.29, 0.717) is 5.92 Å². The zero-order valence-corrected chi connectivity index (χ0v) is 4.86. The van der Waals surface area contributed by atoms with E-state index in [1.54, 1.807) is 6.21 Å². The molecule has 2 aliphatic rings. The molecule has 0 aromatic heterocycles. The van der Waals surface area contributed by atoms with Crippen LogP contribution in [0.1, 0.15) is 0 Å². The van der Waals surface area contributed by atoms with Crippen LogP contribution in [-0.4, -0.2) is 18.6 Å². The molecule has 0 saturated heterocycles. The molecule has 0 aromatic rings. The van der Waals surface area contributed by atoms with Gasteiger partial charge in [-0.3, -0.25) is 10.4 Å².